The summed E-state index contributed by atoms with van der Waals surface area (Å²) < 4.78 is 1.01. The third-order valence-corrected chi connectivity index (χ3v) is 4.53. The van der Waals surface area contributed by atoms with Crippen molar-refractivity contribution in [3.8, 4) is 0 Å². The Morgan fingerprint density at radius 3 is 2.43 bits per heavy atom. The minimum atomic E-state index is -0.632. The Hall–Kier alpha value is -1.71. The number of aryl methyl sites for hydroxylation is 2. The van der Waals surface area contributed by atoms with Crippen LogP contribution in [-0.4, -0.2) is 10.1 Å². The smallest absolute Gasteiger partial charge is 0.104 e. The van der Waals surface area contributed by atoms with Crippen LogP contribution in [0.5, 0.6) is 0 Å². The number of aliphatic hydroxyl groups excluding tert-OH is 1. The number of rotatable bonds is 2. The summed E-state index contributed by atoms with van der Waals surface area (Å²) in [5, 5.41) is 11.6. The van der Waals surface area contributed by atoms with Crippen LogP contribution in [0.4, 0.5) is 0 Å². The van der Waals surface area contributed by atoms with Gasteiger partial charge in [-0.15, -0.1) is 0 Å². The van der Waals surface area contributed by atoms with E-state index in [1.165, 1.54) is 0 Å². The van der Waals surface area contributed by atoms with Crippen molar-refractivity contribution in [1.29, 1.82) is 0 Å². The van der Waals surface area contributed by atoms with Gasteiger partial charge in [-0.3, -0.25) is 4.98 Å². The maximum atomic E-state index is 10.6. The molecule has 0 amide bonds. The van der Waals surface area contributed by atoms with Gasteiger partial charge in [-0.05, 0) is 54.8 Å². The van der Waals surface area contributed by atoms with Crippen LogP contribution in [0.3, 0.4) is 0 Å². The lowest BCUT2D eigenvalue weighted by molar-refractivity contribution is 0.220. The molecule has 0 fully saturated rings. The Morgan fingerprint density at radius 2 is 1.67 bits per heavy atom. The molecule has 0 saturated heterocycles. The van der Waals surface area contributed by atoms with Crippen LogP contribution in [0.1, 0.15) is 28.5 Å². The van der Waals surface area contributed by atoms with Crippen LogP contribution >= 0.6 is 15.9 Å². The number of aromatic nitrogens is 1. The molecule has 21 heavy (non-hydrogen) atoms. The molecule has 2 nitrogen and oxygen atoms in total. The first-order valence-corrected chi connectivity index (χ1v) is 7.65. The van der Waals surface area contributed by atoms with Gasteiger partial charge in [-0.1, -0.05) is 40.2 Å². The first-order chi connectivity index (χ1) is 10.0. The van der Waals surface area contributed by atoms with E-state index in [-0.39, 0.29) is 0 Å². The fourth-order valence-electron chi connectivity index (χ4n) is 2.39. The lowest BCUT2D eigenvalue weighted by Gasteiger charge is -2.13. The maximum absolute atomic E-state index is 10.6. The molecule has 3 aromatic rings. The Balaban J connectivity index is 2.02. The van der Waals surface area contributed by atoms with Crippen LogP contribution in [0.2, 0.25) is 0 Å². The zero-order chi connectivity index (χ0) is 15.0. The van der Waals surface area contributed by atoms with Crippen molar-refractivity contribution in [2.45, 2.75) is 20.0 Å². The molecular formula is C18H16BrNO. The molecule has 1 unspecified atom stereocenters. The lowest BCUT2D eigenvalue weighted by Crippen LogP contribution is -2.00. The molecule has 0 radical (unpaired) electrons. The van der Waals surface area contributed by atoms with E-state index in [4.69, 9.17) is 0 Å². The van der Waals surface area contributed by atoms with Crippen molar-refractivity contribution >= 4 is 26.8 Å². The second-order valence-electron chi connectivity index (χ2n) is 5.32. The number of benzene rings is 2. The predicted molar refractivity (Wildman–Crippen MR) is 89.4 cm³/mol. The van der Waals surface area contributed by atoms with Crippen LogP contribution in [0, 0.1) is 13.8 Å². The molecule has 0 saturated carbocycles. The van der Waals surface area contributed by atoms with Crippen LogP contribution in [-0.2, 0) is 0 Å². The average molecular weight is 342 g/mol. The molecule has 1 N–H and O–H groups in total. The molecule has 0 aliphatic rings. The zero-order valence-corrected chi connectivity index (χ0v) is 13.6. The second-order valence-corrected chi connectivity index (χ2v) is 6.17. The molecule has 1 atom stereocenters. The SMILES string of the molecule is Cc1ccc2cc(C(O)c3ccc(C)c(Br)c3)ccc2n1. The number of pyridine rings is 1. The summed E-state index contributed by atoms with van der Waals surface area (Å²) in [5.74, 6) is 0. The van der Waals surface area contributed by atoms with Crippen molar-refractivity contribution in [3.63, 3.8) is 0 Å². The number of nitrogens with zero attached hydrogens (tertiary/aromatic N) is 1. The third kappa shape index (κ3) is 2.85. The lowest BCUT2D eigenvalue weighted by atomic mass is 9.99. The van der Waals surface area contributed by atoms with Gasteiger partial charge in [0.15, 0.2) is 0 Å². The molecule has 0 bridgehead atoms. The Labute approximate surface area is 132 Å². The fourth-order valence-corrected chi connectivity index (χ4v) is 2.78. The number of hydrogen-bond acceptors (Lipinski definition) is 2. The number of fused-ring (bicyclic) bond motifs is 1. The van der Waals surface area contributed by atoms with Crippen molar-refractivity contribution in [1.82, 2.24) is 4.98 Å². The Morgan fingerprint density at radius 1 is 0.952 bits per heavy atom. The zero-order valence-electron chi connectivity index (χ0n) is 12.0. The predicted octanol–water partition coefficient (Wildman–Crippen LogP) is 4.70. The van der Waals surface area contributed by atoms with Gasteiger partial charge >= 0.3 is 0 Å². The second kappa shape index (κ2) is 5.58. The summed E-state index contributed by atoms with van der Waals surface area (Å²) in [6.45, 7) is 4.01. The molecule has 0 aliphatic heterocycles. The first-order valence-electron chi connectivity index (χ1n) is 6.86. The van der Waals surface area contributed by atoms with E-state index in [0.29, 0.717) is 0 Å². The van der Waals surface area contributed by atoms with Gasteiger partial charge in [-0.25, -0.2) is 0 Å². The minimum Gasteiger partial charge on any atom is -0.384 e. The standard InChI is InChI=1S/C18H16BrNO/c1-11-3-5-15(10-16(11)19)18(21)14-7-8-17-13(9-14)6-4-12(2)20-17/h3-10,18,21H,1-2H3. The van der Waals surface area contributed by atoms with Gasteiger partial charge in [-0.2, -0.15) is 0 Å². The molecule has 0 spiro atoms. The van der Waals surface area contributed by atoms with E-state index in [1.54, 1.807) is 0 Å². The highest BCUT2D eigenvalue weighted by Gasteiger charge is 2.12. The van der Waals surface area contributed by atoms with Gasteiger partial charge < -0.3 is 5.11 Å². The van der Waals surface area contributed by atoms with E-state index in [9.17, 15) is 5.11 Å². The highest BCUT2D eigenvalue weighted by atomic mass is 79.9. The van der Waals surface area contributed by atoms with Crippen LogP contribution in [0.25, 0.3) is 10.9 Å². The van der Waals surface area contributed by atoms with Gasteiger partial charge in [0.2, 0.25) is 0 Å². The van der Waals surface area contributed by atoms with E-state index < -0.39 is 6.10 Å². The van der Waals surface area contributed by atoms with Gasteiger partial charge in [0.1, 0.15) is 6.10 Å². The molecule has 1 aromatic heterocycles. The number of halogens is 1. The largest absolute Gasteiger partial charge is 0.384 e. The minimum absolute atomic E-state index is 0.632. The highest BCUT2D eigenvalue weighted by Crippen LogP contribution is 2.28. The van der Waals surface area contributed by atoms with Crippen molar-refractivity contribution in [3.05, 3.63) is 75.4 Å². The normalized spacial score (nSPS) is 12.6. The van der Waals surface area contributed by atoms with Gasteiger partial charge in [0.05, 0.1) is 5.52 Å². The molecule has 1 heterocycles. The summed E-state index contributed by atoms with van der Waals surface area (Å²) in [4.78, 5) is 4.49. The van der Waals surface area contributed by atoms with Crippen molar-refractivity contribution in [2.75, 3.05) is 0 Å². The number of aliphatic hydroxyl groups is 1. The molecule has 3 heteroatoms. The van der Waals surface area contributed by atoms with Crippen LogP contribution < -0.4 is 0 Å². The van der Waals surface area contributed by atoms with Crippen molar-refractivity contribution in [2.24, 2.45) is 0 Å². The molecule has 3 rings (SSSR count). The van der Waals surface area contributed by atoms with Gasteiger partial charge in [0.25, 0.3) is 0 Å². The average Bonchev–Trinajstić information content (AvgIpc) is 2.49. The van der Waals surface area contributed by atoms with Crippen LogP contribution in [0.15, 0.2) is 53.0 Å². The molecule has 106 valence electrons. The summed E-state index contributed by atoms with van der Waals surface area (Å²) in [6.07, 6.45) is -0.632. The molecular weight excluding hydrogens is 326 g/mol. The van der Waals surface area contributed by atoms with E-state index in [2.05, 4.69) is 20.9 Å². The quantitative estimate of drug-likeness (QED) is 0.733. The summed E-state index contributed by atoms with van der Waals surface area (Å²) >= 11 is 3.51. The Bertz CT molecular complexity index is 813. The summed E-state index contributed by atoms with van der Waals surface area (Å²) in [5.41, 5.74) is 4.87. The monoisotopic (exact) mass is 341 g/mol. The molecule has 2 aromatic carbocycles. The first kappa shape index (κ1) is 14.2. The molecule has 0 aliphatic carbocycles. The third-order valence-electron chi connectivity index (χ3n) is 3.68. The summed E-state index contributed by atoms with van der Waals surface area (Å²) in [6, 6.07) is 15.9. The fraction of sp³-hybridized carbons (Fsp3) is 0.167. The van der Waals surface area contributed by atoms with E-state index in [0.717, 1.165) is 37.8 Å². The summed E-state index contributed by atoms with van der Waals surface area (Å²) in [7, 11) is 0. The van der Waals surface area contributed by atoms with Gasteiger partial charge in [0, 0.05) is 15.6 Å². The van der Waals surface area contributed by atoms with E-state index >= 15 is 0 Å². The Kier molecular flexibility index (Phi) is 3.79. The van der Waals surface area contributed by atoms with Crippen molar-refractivity contribution < 1.29 is 5.11 Å². The number of hydrogen-bond donors (Lipinski definition) is 1. The highest BCUT2D eigenvalue weighted by molar-refractivity contribution is 9.10. The maximum Gasteiger partial charge on any atom is 0.104 e. The van der Waals surface area contributed by atoms with E-state index in [1.807, 2.05) is 62.4 Å². The topological polar surface area (TPSA) is 33.1 Å².